The van der Waals surface area contributed by atoms with Gasteiger partial charge >= 0.3 is 23.9 Å². The molecule has 214 valence electrons. The van der Waals surface area contributed by atoms with Gasteiger partial charge in [0.05, 0.1) is 0 Å². The van der Waals surface area contributed by atoms with E-state index in [0.29, 0.717) is 6.42 Å². The second kappa shape index (κ2) is 14.2. The van der Waals surface area contributed by atoms with Crippen molar-refractivity contribution in [1.82, 2.24) is 10.6 Å². The van der Waals surface area contributed by atoms with Crippen molar-refractivity contribution in [2.45, 2.75) is 118 Å². The summed E-state index contributed by atoms with van der Waals surface area (Å²) >= 11 is 0. The van der Waals surface area contributed by atoms with Crippen LogP contribution in [0.25, 0.3) is 0 Å². The molecule has 1 aromatic carbocycles. The molecule has 0 aliphatic rings. The third kappa shape index (κ3) is 14.6. The number of rotatable bonds is 11. The second-order valence-corrected chi connectivity index (χ2v) is 12.4. The molecule has 2 N–H and O–H groups in total. The molecule has 0 saturated heterocycles. The van der Waals surface area contributed by atoms with Gasteiger partial charge < -0.3 is 24.8 Å². The maximum absolute atomic E-state index is 12.9. The number of nitrogens with one attached hydrogen (secondary N) is 2. The first kappa shape index (κ1) is 32.9. The highest BCUT2D eigenvalue weighted by atomic mass is 16.6. The van der Waals surface area contributed by atoms with E-state index in [9.17, 15) is 19.2 Å². The maximum Gasteiger partial charge on any atom is 0.329 e. The largest absolute Gasteiger partial charge is 0.461 e. The zero-order chi connectivity index (χ0) is 29.1. The fourth-order valence-electron chi connectivity index (χ4n) is 3.43. The van der Waals surface area contributed by atoms with Crippen LogP contribution in [0, 0.1) is 5.41 Å². The number of hydrogen-bond donors (Lipinski definition) is 2. The summed E-state index contributed by atoms with van der Waals surface area (Å²) in [4.78, 5) is 50.3. The van der Waals surface area contributed by atoms with Gasteiger partial charge in [0.1, 0.15) is 23.9 Å². The van der Waals surface area contributed by atoms with Crippen LogP contribution in [-0.4, -0.2) is 47.2 Å². The number of urea groups is 1. The SMILES string of the molecule is CC(C)(C)OC(=O)CCC(NC(=O)NC(CCC(=O)OCc1ccccc1)C(=O)OC(C)(C)C)C(C)(C)C. The molecular formula is C29H46N2O7. The Balaban J connectivity index is 2.81. The Morgan fingerprint density at radius 2 is 1.29 bits per heavy atom. The van der Waals surface area contributed by atoms with Gasteiger partial charge in [0.15, 0.2) is 0 Å². The number of ether oxygens (including phenoxy) is 3. The number of benzene rings is 1. The molecule has 0 aliphatic carbocycles. The predicted molar refractivity (Wildman–Crippen MR) is 145 cm³/mol. The molecular weight excluding hydrogens is 488 g/mol. The minimum Gasteiger partial charge on any atom is -0.461 e. The van der Waals surface area contributed by atoms with Crippen LogP contribution >= 0.6 is 0 Å². The molecule has 0 bridgehead atoms. The van der Waals surface area contributed by atoms with E-state index in [4.69, 9.17) is 14.2 Å². The van der Waals surface area contributed by atoms with Crippen LogP contribution in [0.2, 0.25) is 0 Å². The Kier molecular flexibility index (Phi) is 12.3. The van der Waals surface area contributed by atoms with Gasteiger partial charge in [-0.15, -0.1) is 0 Å². The lowest BCUT2D eigenvalue weighted by atomic mass is 9.84. The number of carbonyl (C=O) groups is 4. The van der Waals surface area contributed by atoms with Crippen molar-refractivity contribution >= 4 is 23.9 Å². The second-order valence-electron chi connectivity index (χ2n) is 12.4. The highest BCUT2D eigenvalue weighted by molar-refractivity contribution is 5.84. The van der Waals surface area contributed by atoms with Crippen molar-refractivity contribution in [3.05, 3.63) is 35.9 Å². The van der Waals surface area contributed by atoms with Crippen LogP contribution in [0.4, 0.5) is 4.79 Å². The van der Waals surface area contributed by atoms with E-state index in [1.165, 1.54) is 0 Å². The zero-order valence-electron chi connectivity index (χ0n) is 24.4. The van der Waals surface area contributed by atoms with Gasteiger partial charge in [0, 0.05) is 18.9 Å². The third-order valence-corrected chi connectivity index (χ3v) is 5.28. The summed E-state index contributed by atoms with van der Waals surface area (Å²) in [7, 11) is 0. The Bertz CT molecular complexity index is 925. The van der Waals surface area contributed by atoms with Crippen molar-refractivity contribution in [3.8, 4) is 0 Å². The summed E-state index contributed by atoms with van der Waals surface area (Å²) in [5.41, 5.74) is -0.895. The van der Waals surface area contributed by atoms with Gasteiger partial charge in [0.25, 0.3) is 0 Å². The number of hydrogen-bond acceptors (Lipinski definition) is 7. The molecule has 0 radical (unpaired) electrons. The fraction of sp³-hybridized carbons (Fsp3) is 0.655. The average Bonchev–Trinajstić information content (AvgIpc) is 2.75. The first-order valence-electron chi connectivity index (χ1n) is 13.1. The molecule has 2 amide bonds. The van der Waals surface area contributed by atoms with Crippen LogP contribution in [0.5, 0.6) is 0 Å². The van der Waals surface area contributed by atoms with Crippen molar-refractivity contribution in [3.63, 3.8) is 0 Å². The van der Waals surface area contributed by atoms with Crippen LogP contribution in [0.1, 0.15) is 93.6 Å². The Morgan fingerprint density at radius 1 is 0.737 bits per heavy atom. The molecule has 38 heavy (non-hydrogen) atoms. The summed E-state index contributed by atoms with van der Waals surface area (Å²) in [6.45, 7) is 16.5. The van der Waals surface area contributed by atoms with Crippen LogP contribution < -0.4 is 10.6 Å². The molecule has 2 unspecified atom stereocenters. The van der Waals surface area contributed by atoms with Gasteiger partial charge in [0.2, 0.25) is 0 Å². The maximum atomic E-state index is 12.9. The fourth-order valence-corrected chi connectivity index (χ4v) is 3.43. The molecule has 0 aromatic heterocycles. The van der Waals surface area contributed by atoms with Crippen LogP contribution in [-0.2, 0) is 35.2 Å². The van der Waals surface area contributed by atoms with Crippen LogP contribution in [0.3, 0.4) is 0 Å². The smallest absolute Gasteiger partial charge is 0.329 e. The molecule has 2 atom stereocenters. The summed E-state index contributed by atoms with van der Waals surface area (Å²) < 4.78 is 16.1. The normalized spacial score (nSPS) is 13.6. The number of amides is 2. The summed E-state index contributed by atoms with van der Waals surface area (Å²) in [6.07, 6.45) is 0.406. The van der Waals surface area contributed by atoms with E-state index in [1.54, 1.807) is 41.5 Å². The van der Waals surface area contributed by atoms with Gasteiger partial charge in [-0.1, -0.05) is 51.1 Å². The summed E-state index contributed by atoms with van der Waals surface area (Å²) in [5, 5.41) is 5.52. The standard InChI is InChI=1S/C29H46N2O7/c1-27(2,3)22(16-18-24(33)37-28(4,5)6)31-26(35)30-21(25(34)38-29(7,8)9)15-17-23(32)36-19-20-13-11-10-12-14-20/h10-14,21-22H,15-19H2,1-9H3,(H2,30,31,35). The van der Waals surface area contributed by atoms with Gasteiger partial charge in [-0.2, -0.15) is 0 Å². The first-order valence-corrected chi connectivity index (χ1v) is 13.1. The average molecular weight is 535 g/mol. The summed E-state index contributed by atoms with van der Waals surface area (Å²) in [6, 6.07) is 7.21. The Hall–Kier alpha value is -3.10. The topological polar surface area (TPSA) is 120 Å². The van der Waals surface area contributed by atoms with Gasteiger partial charge in [-0.05, 0) is 65.4 Å². The van der Waals surface area contributed by atoms with Gasteiger partial charge in [-0.25, -0.2) is 9.59 Å². The molecule has 0 heterocycles. The van der Waals surface area contributed by atoms with Crippen molar-refractivity contribution in [2.24, 2.45) is 5.41 Å². The Labute approximate surface area is 227 Å². The zero-order valence-corrected chi connectivity index (χ0v) is 24.4. The minimum atomic E-state index is -1.06. The van der Waals surface area contributed by atoms with E-state index in [2.05, 4.69) is 10.6 Å². The molecule has 9 nitrogen and oxygen atoms in total. The first-order chi connectivity index (χ1) is 17.4. The lowest BCUT2D eigenvalue weighted by Crippen LogP contribution is -2.53. The monoisotopic (exact) mass is 534 g/mol. The quantitative estimate of drug-likeness (QED) is 0.301. The van der Waals surface area contributed by atoms with Crippen molar-refractivity contribution in [1.29, 1.82) is 0 Å². The highest BCUT2D eigenvalue weighted by Gasteiger charge is 2.31. The summed E-state index contributed by atoms with van der Waals surface area (Å²) in [5.74, 6) is -1.49. The number of carbonyl (C=O) groups excluding carboxylic acids is 4. The lowest BCUT2D eigenvalue weighted by molar-refractivity contribution is -0.158. The van der Waals surface area contributed by atoms with E-state index in [1.807, 2.05) is 51.1 Å². The molecule has 0 fully saturated rings. The Morgan fingerprint density at radius 3 is 1.82 bits per heavy atom. The molecule has 0 saturated carbocycles. The van der Waals surface area contributed by atoms with E-state index in [-0.39, 0.29) is 43.3 Å². The van der Waals surface area contributed by atoms with E-state index >= 15 is 0 Å². The van der Waals surface area contributed by atoms with Gasteiger partial charge in [-0.3, -0.25) is 9.59 Å². The molecule has 1 aromatic rings. The van der Waals surface area contributed by atoms with E-state index in [0.717, 1.165) is 5.56 Å². The van der Waals surface area contributed by atoms with Crippen LogP contribution in [0.15, 0.2) is 30.3 Å². The number of esters is 3. The molecule has 1 rings (SSSR count). The predicted octanol–water partition coefficient (Wildman–Crippen LogP) is 5.06. The lowest BCUT2D eigenvalue weighted by Gasteiger charge is -2.32. The van der Waals surface area contributed by atoms with E-state index < -0.39 is 35.2 Å². The third-order valence-electron chi connectivity index (χ3n) is 5.28. The molecule has 9 heteroatoms. The molecule has 0 aliphatic heterocycles. The minimum absolute atomic E-state index is 0.00799. The highest BCUT2D eigenvalue weighted by Crippen LogP contribution is 2.24. The molecule has 0 spiro atoms. The van der Waals surface area contributed by atoms with Crippen molar-refractivity contribution < 1.29 is 33.4 Å². The van der Waals surface area contributed by atoms with Crippen molar-refractivity contribution in [2.75, 3.05) is 0 Å².